The van der Waals surface area contributed by atoms with Gasteiger partial charge in [0, 0.05) is 29.8 Å². The first-order valence-corrected chi connectivity index (χ1v) is 11.1. The molecule has 2 spiro atoms. The normalized spacial score (nSPS) is 54.3. The summed E-state index contributed by atoms with van der Waals surface area (Å²) in [4.78, 5) is 15.4. The van der Waals surface area contributed by atoms with Gasteiger partial charge in [-0.15, -0.1) is 0 Å². The van der Waals surface area contributed by atoms with Gasteiger partial charge in [-0.1, -0.05) is 28.0 Å². The number of aliphatic hydroxyl groups is 1. The average Bonchev–Trinajstić information content (AvgIpc) is 3.17. The molecule has 0 aromatic carbocycles. The molecule has 1 saturated heterocycles. The molecule has 5 rings (SSSR count). The molecular weight excluding hydrogens is 426 g/mol. The number of hydrogen-bond acceptors (Lipinski definition) is 5. The van der Waals surface area contributed by atoms with Crippen molar-refractivity contribution in [1.29, 1.82) is 0 Å². The molecule has 5 aliphatic rings. The zero-order valence-electron chi connectivity index (χ0n) is 16.2. The smallest absolute Gasteiger partial charge is 0.139 e. The maximum Gasteiger partial charge on any atom is 0.139 e. The maximum absolute atomic E-state index is 12.8. The standard InChI is InChI=1S/C20H26BrN3O4/c1-17-5-7-19(27-2)9-11-15(21)16(26)12(23-24-22)10-18(11)6-8-20(19,28-18)13(17)3-4-14(17)25/h9,12-13,15-16,26H,3-8,10H2,1-2H3/t12-,13+,15-,16+,17-,18+,19-,20-/m0/s1. The lowest BCUT2D eigenvalue weighted by Crippen LogP contribution is -2.69. The van der Waals surface area contributed by atoms with E-state index in [9.17, 15) is 9.90 Å². The topological polar surface area (TPSA) is 105 Å². The minimum Gasteiger partial charge on any atom is -0.391 e. The summed E-state index contributed by atoms with van der Waals surface area (Å²) in [6.07, 6.45) is 6.42. The van der Waals surface area contributed by atoms with Crippen LogP contribution in [0.3, 0.4) is 0 Å². The number of methoxy groups -OCH3 is 1. The van der Waals surface area contributed by atoms with Gasteiger partial charge in [-0.2, -0.15) is 0 Å². The molecule has 0 aromatic rings. The Morgan fingerprint density at radius 3 is 2.89 bits per heavy atom. The lowest BCUT2D eigenvalue weighted by Gasteiger charge is -2.61. The van der Waals surface area contributed by atoms with Crippen molar-refractivity contribution in [2.24, 2.45) is 16.4 Å². The SMILES string of the molecule is CO[C@@]12C=C3[C@H](Br)[C@H](O)[C@@H](N=[N+]=[N-])C[C@]34CC[C@]1(O4)[C@@H]1CCC(=O)[C@@]1(C)CC2. The third-order valence-corrected chi connectivity index (χ3v) is 9.68. The Morgan fingerprint density at radius 1 is 1.39 bits per heavy atom. The number of carbonyl (C=O) groups is 1. The van der Waals surface area contributed by atoms with Crippen molar-refractivity contribution in [2.45, 2.75) is 85.6 Å². The second-order valence-corrected chi connectivity index (χ2v) is 10.5. The molecule has 0 radical (unpaired) electrons. The quantitative estimate of drug-likeness (QED) is 0.227. The molecule has 0 unspecified atom stereocenters. The first-order chi connectivity index (χ1) is 13.3. The molecular formula is C20H26BrN3O4. The molecule has 28 heavy (non-hydrogen) atoms. The Hall–Kier alpha value is -0.920. The predicted molar refractivity (Wildman–Crippen MR) is 105 cm³/mol. The first kappa shape index (κ1) is 19.1. The highest BCUT2D eigenvalue weighted by atomic mass is 79.9. The number of azide groups is 1. The van der Waals surface area contributed by atoms with Gasteiger partial charge in [0.2, 0.25) is 0 Å². The summed E-state index contributed by atoms with van der Waals surface area (Å²) in [5, 5.41) is 14.6. The molecule has 8 heteroatoms. The van der Waals surface area contributed by atoms with Crippen LogP contribution in [0.5, 0.6) is 0 Å². The number of hydrogen-bond donors (Lipinski definition) is 1. The van der Waals surface area contributed by atoms with Crippen LogP contribution in [0.2, 0.25) is 0 Å². The van der Waals surface area contributed by atoms with Crippen LogP contribution in [0.25, 0.3) is 10.4 Å². The second kappa shape index (κ2) is 5.82. The number of aliphatic hydroxyl groups excluding tert-OH is 1. The van der Waals surface area contributed by atoms with Crippen LogP contribution in [0.1, 0.15) is 51.9 Å². The molecule has 3 aliphatic carbocycles. The summed E-state index contributed by atoms with van der Waals surface area (Å²) in [7, 11) is 1.73. The van der Waals surface area contributed by atoms with Gasteiger partial charge in [-0.05, 0) is 55.7 Å². The Morgan fingerprint density at radius 2 is 2.18 bits per heavy atom. The minimum absolute atomic E-state index is 0.122. The van der Waals surface area contributed by atoms with Gasteiger partial charge in [-0.3, -0.25) is 4.79 Å². The van der Waals surface area contributed by atoms with E-state index in [0.717, 1.165) is 37.7 Å². The van der Waals surface area contributed by atoms with Gasteiger partial charge in [0.1, 0.15) is 17.0 Å². The maximum atomic E-state index is 12.8. The average molecular weight is 452 g/mol. The molecule has 8 atom stereocenters. The summed E-state index contributed by atoms with van der Waals surface area (Å²) in [5.41, 5.74) is 7.91. The number of ether oxygens (including phenoxy) is 2. The summed E-state index contributed by atoms with van der Waals surface area (Å²) in [6, 6.07) is -0.545. The van der Waals surface area contributed by atoms with Crippen LogP contribution >= 0.6 is 15.9 Å². The van der Waals surface area contributed by atoms with Crippen molar-refractivity contribution in [1.82, 2.24) is 0 Å². The largest absolute Gasteiger partial charge is 0.391 e. The molecule has 2 aliphatic heterocycles. The zero-order valence-corrected chi connectivity index (χ0v) is 17.8. The van der Waals surface area contributed by atoms with Crippen LogP contribution in [0, 0.1) is 11.3 Å². The number of fused-ring (bicyclic) bond motifs is 1. The summed E-state index contributed by atoms with van der Waals surface area (Å²) >= 11 is 3.65. The fourth-order valence-corrected chi connectivity index (χ4v) is 8.09. The lowest BCUT2D eigenvalue weighted by molar-refractivity contribution is -0.261. The Bertz CT molecular complexity index is 828. The lowest BCUT2D eigenvalue weighted by atomic mass is 9.54. The molecule has 1 N–H and O–H groups in total. The van der Waals surface area contributed by atoms with Crippen LogP contribution < -0.4 is 0 Å². The van der Waals surface area contributed by atoms with Crippen molar-refractivity contribution in [2.75, 3.05) is 7.11 Å². The van der Waals surface area contributed by atoms with E-state index in [1.54, 1.807) is 7.11 Å². The highest BCUT2D eigenvalue weighted by molar-refractivity contribution is 9.09. The molecule has 152 valence electrons. The molecule has 4 fully saturated rings. The van der Waals surface area contributed by atoms with Crippen LogP contribution in [-0.2, 0) is 14.3 Å². The number of Topliss-reactive ketones (excluding diaryl/α,β-unsaturated/α-hetero) is 1. The van der Waals surface area contributed by atoms with Gasteiger partial charge in [-0.25, -0.2) is 0 Å². The van der Waals surface area contributed by atoms with E-state index in [1.807, 2.05) is 0 Å². The Kier molecular flexibility index (Phi) is 3.97. The third kappa shape index (κ3) is 2.01. The van der Waals surface area contributed by atoms with E-state index in [1.165, 1.54) is 0 Å². The number of alkyl halides is 1. The van der Waals surface area contributed by atoms with Crippen LogP contribution in [-0.4, -0.2) is 51.8 Å². The number of ketones is 1. The second-order valence-electron chi connectivity index (χ2n) is 9.48. The summed E-state index contributed by atoms with van der Waals surface area (Å²) in [5.74, 6) is 0.470. The first-order valence-electron chi connectivity index (χ1n) is 10.2. The van der Waals surface area contributed by atoms with E-state index >= 15 is 0 Å². The predicted octanol–water partition coefficient (Wildman–Crippen LogP) is 3.59. The Balaban J connectivity index is 1.67. The van der Waals surface area contributed by atoms with E-state index in [4.69, 9.17) is 15.0 Å². The molecule has 2 heterocycles. The van der Waals surface area contributed by atoms with Gasteiger partial charge in [0.15, 0.2) is 0 Å². The molecule has 0 amide bonds. The summed E-state index contributed by atoms with van der Waals surface area (Å²) < 4.78 is 13.2. The van der Waals surface area contributed by atoms with Gasteiger partial charge in [0.25, 0.3) is 0 Å². The van der Waals surface area contributed by atoms with Crippen molar-refractivity contribution in [3.8, 4) is 0 Å². The van der Waals surface area contributed by atoms with Gasteiger partial charge >= 0.3 is 0 Å². The van der Waals surface area contributed by atoms with E-state index < -0.39 is 28.9 Å². The monoisotopic (exact) mass is 451 g/mol. The van der Waals surface area contributed by atoms with Gasteiger partial charge < -0.3 is 14.6 Å². The number of halogens is 1. The third-order valence-electron chi connectivity index (χ3n) is 8.65. The summed E-state index contributed by atoms with van der Waals surface area (Å²) in [6.45, 7) is 2.11. The number of rotatable bonds is 2. The fraction of sp³-hybridized carbons (Fsp3) is 0.850. The van der Waals surface area contributed by atoms with Crippen molar-refractivity contribution in [3.05, 3.63) is 22.1 Å². The van der Waals surface area contributed by atoms with Gasteiger partial charge in [0.05, 0.1) is 22.6 Å². The molecule has 7 nitrogen and oxygen atoms in total. The van der Waals surface area contributed by atoms with Crippen LogP contribution in [0.4, 0.5) is 0 Å². The van der Waals surface area contributed by atoms with Crippen molar-refractivity contribution in [3.63, 3.8) is 0 Å². The fourth-order valence-electron chi connectivity index (χ4n) is 7.19. The van der Waals surface area contributed by atoms with Crippen molar-refractivity contribution >= 4 is 21.7 Å². The van der Waals surface area contributed by atoms with E-state index in [0.29, 0.717) is 18.6 Å². The molecule has 0 aromatic heterocycles. The molecule has 2 bridgehead atoms. The minimum atomic E-state index is -0.805. The van der Waals surface area contributed by atoms with E-state index in [2.05, 4.69) is 39.0 Å². The van der Waals surface area contributed by atoms with Crippen molar-refractivity contribution < 1.29 is 19.4 Å². The van der Waals surface area contributed by atoms with Crippen LogP contribution in [0.15, 0.2) is 16.8 Å². The zero-order chi connectivity index (χ0) is 19.9. The van der Waals surface area contributed by atoms with E-state index in [-0.39, 0.29) is 16.2 Å². The molecule has 3 saturated carbocycles. The number of carbonyl (C=O) groups excluding carboxylic acids is 1. The Labute approximate surface area is 172 Å². The highest BCUT2D eigenvalue weighted by Gasteiger charge is 2.75. The number of nitrogens with zero attached hydrogens (tertiary/aromatic N) is 3. The highest BCUT2D eigenvalue weighted by Crippen LogP contribution is 2.69.